The van der Waals surface area contributed by atoms with Crippen molar-refractivity contribution in [3.63, 3.8) is 0 Å². The molecule has 1 aromatic carbocycles. The van der Waals surface area contributed by atoms with E-state index < -0.39 is 0 Å². The molecule has 19 heavy (non-hydrogen) atoms. The summed E-state index contributed by atoms with van der Waals surface area (Å²) in [4.78, 5) is 12.3. The van der Waals surface area contributed by atoms with Gasteiger partial charge in [-0.05, 0) is 30.9 Å². The van der Waals surface area contributed by atoms with E-state index in [1.807, 2.05) is 18.2 Å². The molecule has 0 bridgehead atoms. The first-order valence-electron chi connectivity index (χ1n) is 7.12. The van der Waals surface area contributed by atoms with Gasteiger partial charge in [-0.15, -0.1) is 0 Å². The van der Waals surface area contributed by atoms with Crippen LogP contribution in [0.1, 0.15) is 49.4 Å². The number of anilines is 1. The van der Waals surface area contributed by atoms with Crippen molar-refractivity contribution in [3.05, 3.63) is 29.8 Å². The van der Waals surface area contributed by atoms with Crippen molar-refractivity contribution in [1.82, 2.24) is 5.32 Å². The smallest absolute Gasteiger partial charge is 0.253 e. The number of hydrogen-bond donors (Lipinski definition) is 3. The molecule has 1 aliphatic carbocycles. The Bertz CT molecular complexity index is 433. The largest absolute Gasteiger partial charge is 0.349 e. The molecule has 1 aliphatic rings. The topological polar surface area (TPSA) is 67.2 Å². The monoisotopic (exact) mass is 261 g/mol. The van der Waals surface area contributed by atoms with E-state index in [9.17, 15) is 4.79 Å². The van der Waals surface area contributed by atoms with Crippen molar-refractivity contribution in [2.75, 3.05) is 5.43 Å². The van der Waals surface area contributed by atoms with Crippen LogP contribution in [0.5, 0.6) is 0 Å². The van der Waals surface area contributed by atoms with E-state index in [1.165, 1.54) is 19.3 Å². The lowest BCUT2D eigenvalue weighted by Crippen LogP contribution is -2.42. The summed E-state index contributed by atoms with van der Waals surface area (Å²) in [5.41, 5.74) is 3.86. The van der Waals surface area contributed by atoms with Gasteiger partial charge in [-0.3, -0.25) is 10.6 Å². The lowest BCUT2D eigenvalue weighted by Gasteiger charge is -2.31. The second-order valence-electron chi connectivity index (χ2n) is 5.22. The number of hydrazine groups is 1. The molecule has 2 unspecified atom stereocenters. The van der Waals surface area contributed by atoms with Crippen LogP contribution in [0.15, 0.2) is 24.3 Å². The molecule has 0 saturated heterocycles. The SMILES string of the molecule is CCC1CCCCC1NC(=O)c1ccccc1NN. The van der Waals surface area contributed by atoms with Gasteiger partial charge in [-0.2, -0.15) is 0 Å². The van der Waals surface area contributed by atoms with Gasteiger partial charge in [0.05, 0.1) is 11.3 Å². The van der Waals surface area contributed by atoms with Gasteiger partial charge in [-0.1, -0.05) is 38.3 Å². The Kier molecular flexibility index (Phi) is 4.80. The van der Waals surface area contributed by atoms with Gasteiger partial charge < -0.3 is 10.7 Å². The molecule has 2 rings (SSSR count). The minimum Gasteiger partial charge on any atom is -0.349 e. The fraction of sp³-hybridized carbons (Fsp3) is 0.533. The molecule has 1 amide bonds. The molecule has 4 heteroatoms. The zero-order chi connectivity index (χ0) is 13.7. The quantitative estimate of drug-likeness (QED) is 0.576. The Morgan fingerprint density at radius 1 is 1.32 bits per heavy atom. The van der Waals surface area contributed by atoms with Crippen molar-refractivity contribution in [2.24, 2.45) is 11.8 Å². The summed E-state index contributed by atoms with van der Waals surface area (Å²) in [6.45, 7) is 2.20. The van der Waals surface area contributed by atoms with E-state index in [-0.39, 0.29) is 5.91 Å². The van der Waals surface area contributed by atoms with E-state index in [0.29, 0.717) is 23.2 Å². The first-order valence-corrected chi connectivity index (χ1v) is 7.12. The molecule has 104 valence electrons. The number of benzene rings is 1. The van der Waals surface area contributed by atoms with Gasteiger partial charge in [-0.25, -0.2) is 0 Å². The molecule has 0 aromatic heterocycles. The highest BCUT2D eigenvalue weighted by atomic mass is 16.1. The number of nitrogens with two attached hydrogens (primary N) is 1. The number of nitrogen functional groups attached to an aromatic ring is 1. The van der Waals surface area contributed by atoms with Gasteiger partial charge in [0.2, 0.25) is 0 Å². The van der Waals surface area contributed by atoms with Crippen LogP contribution in [0.25, 0.3) is 0 Å². The lowest BCUT2D eigenvalue weighted by atomic mass is 9.83. The second-order valence-corrected chi connectivity index (χ2v) is 5.22. The van der Waals surface area contributed by atoms with Gasteiger partial charge in [0.15, 0.2) is 0 Å². The van der Waals surface area contributed by atoms with E-state index >= 15 is 0 Å². The third-order valence-corrected chi connectivity index (χ3v) is 4.08. The van der Waals surface area contributed by atoms with Crippen LogP contribution >= 0.6 is 0 Å². The summed E-state index contributed by atoms with van der Waals surface area (Å²) in [7, 11) is 0. The molecule has 1 fully saturated rings. The van der Waals surface area contributed by atoms with Crippen LogP contribution in [0.2, 0.25) is 0 Å². The van der Waals surface area contributed by atoms with Crippen molar-refractivity contribution in [3.8, 4) is 0 Å². The molecule has 4 nitrogen and oxygen atoms in total. The summed E-state index contributed by atoms with van der Waals surface area (Å²) in [5.74, 6) is 6.02. The Balaban J connectivity index is 2.07. The third-order valence-electron chi connectivity index (χ3n) is 4.08. The maximum Gasteiger partial charge on any atom is 0.253 e. The second kappa shape index (κ2) is 6.57. The van der Waals surface area contributed by atoms with Crippen LogP contribution in [0, 0.1) is 5.92 Å². The van der Waals surface area contributed by atoms with Crippen molar-refractivity contribution >= 4 is 11.6 Å². The number of hydrogen-bond acceptors (Lipinski definition) is 3. The lowest BCUT2D eigenvalue weighted by molar-refractivity contribution is 0.0905. The average molecular weight is 261 g/mol. The van der Waals surface area contributed by atoms with E-state index in [1.54, 1.807) is 6.07 Å². The van der Waals surface area contributed by atoms with Crippen LogP contribution < -0.4 is 16.6 Å². The fourth-order valence-electron chi connectivity index (χ4n) is 2.94. The predicted octanol–water partition coefficient (Wildman–Crippen LogP) is 2.67. The predicted molar refractivity (Wildman–Crippen MR) is 77.8 cm³/mol. The molecule has 0 heterocycles. The Hall–Kier alpha value is -1.55. The van der Waals surface area contributed by atoms with E-state index in [4.69, 9.17) is 5.84 Å². The highest BCUT2D eigenvalue weighted by Gasteiger charge is 2.25. The number of rotatable bonds is 4. The highest BCUT2D eigenvalue weighted by Crippen LogP contribution is 2.27. The molecule has 1 saturated carbocycles. The normalized spacial score (nSPS) is 22.8. The third kappa shape index (κ3) is 3.26. The molecule has 0 spiro atoms. The first kappa shape index (κ1) is 13.9. The summed E-state index contributed by atoms with van der Waals surface area (Å²) in [6, 6.07) is 7.63. The average Bonchev–Trinajstić information content (AvgIpc) is 2.47. The van der Waals surface area contributed by atoms with Gasteiger partial charge in [0.25, 0.3) is 5.91 Å². The number of amides is 1. The number of nitrogens with one attached hydrogen (secondary N) is 2. The van der Waals surface area contributed by atoms with Crippen molar-refractivity contribution < 1.29 is 4.79 Å². The summed E-state index contributed by atoms with van der Waals surface area (Å²) < 4.78 is 0. The number of carbonyl (C=O) groups excluding carboxylic acids is 1. The highest BCUT2D eigenvalue weighted by molar-refractivity contribution is 5.99. The first-order chi connectivity index (χ1) is 9.26. The minimum atomic E-state index is -0.0288. The molecule has 2 atom stereocenters. The van der Waals surface area contributed by atoms with Crippen molar-refractivity contribution in [2.45, 2.75) is 45.1 Å². The molecule has 4 N–H and O–H groups in total. The molecular weight excluding hydrogens is 238 g/mol. The van der Waals surface area contributed by atoms with Crippen LogP contribution in [0.3, 0.4) is 0 Å². The molecule has 0 aliphatic heterocycles. The van der Waals surface area contributed by atoms with E-state index in [0.717, 1.165) is 12.8 Å². The van der Waals surface area contributed by atoms with Gasteiger partial charge >= 0.3 is 0 Å². The summed E-state index contributed by atoms with van der Waals surface area (Å²) >= 11 is 0. The Labute approximate surface area is 114 Å². The van der Waals surface area contributed by atoms with E-state index in [2.05, 4.69) is 17.7 Å². The molecule has 1 aromatic rings. The molecular formula is C15H23N3O. The summed E-state index contributed by atoms with van der Waals surface area (Å²) in [5, 5.41) is 3.18. The van der Waals surface area contributed by atoms with Crippen LogP contribution in [-0.2, 0) is 0 Å². The van der Waals surface area contributed by atoms with Crippen LogP contribution in [-0.4, -0.2) is 11.9 Å². The fourth-order valence-corrected chi connectivity index (χ4v) is 2.94. The molecule has 0 radical (unpaired) electrons. The Morgan fingerprint density at radius 2 is 2.05 bits per heavy atom. The van der Waals surface area contributed by atoms with Gasteiger partial charge in [0, 0.05) is 6.04 Å². The van der Waals surface area contributed by atoms with Crippen molar-refractivity contribution in [1.29, 1.82) is 0 Å². The minimum absolute atomic E-state index is 0.0288. The Morgan fingerprint density at radius 3 is 2.79 bits per heavy atom. The summed E-state index contributed by atoms with van der Waals surface area (Å²) in [6.07, 6.45) is 5.92. The van der Waals surface area contributed by atoms with Crippen LogP contribution in [0.4, 0.5) is 5.69 Å². The van der Waals surface area contributed by atoms with Gasteiger partial charge in [0.1, 0.15) is 0 Å². The number of carbonyl (C=O) groups is 1. The maximum atomic E-state index is 12.3. The zero-order valence-corrected chi connectivity index (χ0v) is 11.5. The zero-order valence-electron chi connectivity index (χ0n) is 11.5. The number of para-hydroxylation sites is 1. The standard InChI is InChI=1S/C15H23N3O/c1-2-11-7-3-5-9-13(11)17-15(19)12-8-4-6-10-14(12)18-16/h4,6,8,10-11,13,18H,2-3,5,7,9,16H2,1H3,(H,17,19). The maximum absolute atomic E-state index is 12.3.